The molecule has 5 heteroatoms. The Labute approximate surface area is 127 Å². The lowest BCUT2D eigenvalue weighted by molar-refractivity contribution is 0.130. The highest BCUT2D eigenvalue weighted by atomic mass is 16.5. The van der Waals surface area contributed by atoms with Gasteiger partial charge in [-0.05, 0) is 38.5 Å². The highest BCUT2D eigenvalue weighted by molar-refractivity contribution is 5.49. The summed E-state index contributed by atoms with van der Waals surface area (Å²) in [5.74, 6) is 2.06. The molecule has 0 amide bonds. The Morgan fingerprint density at radius 2 is 2.10 bits per heavy atom. The molecular formula is C16H28N4O. The first-order valence-electron chi connectivity index (χ1n) is 8.20. The predicted molar refractivity (Wildman–Crippen MR) is 84.6 cm³/mol. The van der Waals surface area contributed by atoms with Gasteiger partial charge in [-0.25, -0.2) is 0 Å². The lowest BCUT2D eigenvalue weighted by Gasteiger charge is -2.21. The van der Waals surface area contributed by atoms with Crippen LogP contribution in [-0.2, 0) is 18.3 Å². The number of anilines is 1. The Morgan fingerprint density at radius 3 is 2.76 bits per heavy atom. The van der Waals surface area contributed by atoms with Crippen LogP contribution < -0.4 is 10.2 Å². The van der Waals surface area contributed by atoms with Gasteiger partial charge >= 0.3 is 0 Å². The van der Waals surface area contributed by atoms with Crippen molar-refractivity contribution >= 4 is 5.82 Å². The zero-order valence-electron chi connectivity index (χ0n) is 13.6. The minimum Gasteiger partial charge on any atom is -0.379 e. The lowest BCUT2D eigenvalue weighted by Crippen LogP contribution is -2.27. The Morgan fingerprint density at radius 1 is 1.33 bits per heavy atom. The van der Waals surface area contributed by atoms with Crippen LogP contribution in [0.4, 0.5) is 5.82 Å². The van der Waals surface area contributed by atoms with Crippen LogP contribution in [0.1, 0.15) is 36.9 Å². The van der Waals surface area contributed by atoms with Crippen molar-refractivity contribution in [2.75, 3.05) is 31.7 Å². The van der Waals surface area contributed by atoms with E-state index < -0.39 is 0 Å². The molecule has 0 bridgehead atoms. The summed E-state index contributed by atoms with van der Waals surface area (Å²) in [4.78, 5) is 2.27. The van der Waals surface area contributed by atoms with Gasteiger partial charge in [-0.2, -0.15) is 5.10 Å². The van der Waals surface area contributed by atoms with Crippen LogP contribution in [0.5, 0.6) is 0 Å². The van der Waals surface area contributed by atoms with E-state index in [-0.39, 0.29) is 0 Å². The average Bonchev–Trinajstić information content (AvgIpc) is 3.33. The third kappa shape index (κ3) is 3.98. The standard InChI is InChI=1S/C16H28N4O/c1-12-15(10-17-14-6-7-14)16(20(3)18-12)19(2)8-9-21-11-13-4-5-13/h13-14,17H,4-11H2,1-3H3. The monoisotopic (exact) mass is 292 g/mol. The molecule has 1 aromatic heterocycles. The van der Waals surface area contributed by atoms with E-state index in [1.165, 1.54) is 37.1 Å². The molecule has 118 valence electrons. The molecule has 0 spiro atoms. The van der Waals surface area contributed by atoms with Gasteiger partial charge in [-0.15, -0.1) is 0 Å². The van der Waals surface area contributed by atoms with Crippen LogP contribution in [0.2, 0.25) is 0 Å². The summed E-state index contributed by atoms with van der Waals surface area (Å²) < 4.78 is 7.76. The zero-order chi connectivity index (χ0) is 14.8. The SMILES string of the molecule is Cc1nn(C)c(N(C)CCOCC2CC2)c1CNC1CC1. The number of ether oxygens (including phenoxy) is 1. The topological polar surface area (TPSA) is 42.3 Å². The summed E-state index contributed by atoms with van der Waals surface area (Å²) >= 11 is 0. The van der Waals surface area contributed by atoms with Crippen molar-refractivity contribution in [3.8, 4) is 0 Å². The highest BCUT2D eigenvalue weighted by Gasteiger charge is 2.24. The fraction of sp³-hybridized carbons (Fsp3) is 0.812. The van der Waals surface area contributed by atoms with Crippen molar-refractivity contribution in [2.45, 2.75) is 45.2 Å². The van der Waals surface area contributed by atoms with E-state index in [1.807, 2.05) is 11.7 Å². The van der Waals surface area contributed by atoms with Gasteiger partial charge in [0.2, 0.25) is 0 Å². The number of aromatic nitrogens is 2. The minimum atomic E-state index is 0.727. The van der Waals surface area contributed by atoms with E-state index in [0.29, 0.717) is 0 Å². The number of likely N-dealkylation sites (N-methyl/N-ethyl adjacent to an activating group) is 1. The maximum atomic E-state index is 5.76. The molecular weight excluding hydrogens is 264 g/mol. The second kappa shape index (κ2) is 6.36. The van der Waals surface area contributed by atoms with Crippen molar-refractivity contribution in [3.05, 3.63) is 11.3 Å². The number of nitrogens with zero attached hydrogens (tertiary/aromatic N) is 3. The molecule has 0 radical (unpaired) electrons. The molecule has 21 heavy (non-hydrogen) atoms. The second-order valence-electron chi connectivity index (χ2n) is 6.61. The van der Waals surface area contributed by atoms with Crippen molar-refractivity contribution in [3.63, 3.8) is 0 Å². The van der Waals surface area contributed by atoms with Crippen molar-refractivity contribution < 1.29 is 4.74 Å². The first-order chi connectivity index (χ1) is 10.1. The minimum absolute atomic E-state index is 0.727. The summed E-state index contributed by atoms with van der Waals surface area (Å²) in [7, 11) is 4.17. The molecule has 3 rings (SSSR count). The maximum absolute atomic E-state index is 5.76. The molecule has 1 heterocycles. The van der Waals surface area contributed by atoms with Gasteiger partial charge in [0.05, 0.1) is 12.3 Å². The van der Waals surface area contributed by atoms with E-state index in [4.69, 9.17) is 4.74 Å². The van der Waals surface area contributed by atoms with Crippen LogP contribution in [0.3, 0.4) is 0 Å². The first-order valence-corrected chi connectivity index (χ1v) is 8.20. The molecule has 2 aliphatic carbocycles. The number of hydrogen-bond donors (Lipinski definition) is 1. The van der Waals surface area contributed by atoms with Gasteiger partial charge in [-0.1, -0.05) is 0 Å². The Balaban J connectivity index is 1.55. The van der Waals surface area contributed by atoms with Gasteiger partial charge in [0.25, 0.3) is 0 Å². The molecule has 1 N–H and O–H groups in total. The summed E-state index contributed by atoms with van der Waals surface area (Å²) in [6, 6.07) is 0.727. The Bertz CT molecular complexity index is 477. The maximum Gasteiger partial charge on any atom is 0.131 e. The number of rotatable bonds is 9. The largest absolute Gasteiger partial charge is 0.379 e. The Kier molecular flexibility index (Phi) is 4.50. The molecule has 2 fully saturated rings. The fourth-order valence-corrected chi connectivity index (χ4v) is 2.75. The third-order valence-electron chi connectivity index (χ3n) is 4.44. The van der Waals surface area contributed by atoms with Gasteiger partial charge in [-0.3, -0.25) is 4.68 Å². The summed E-state index contributed by atoms with van der Waals surface area (Å²) in [5, 5.41) is 8.19. The normalized spacial score (nSPS) is 18.2. The summed E-state index contributed by atoms with van der Waals surface area (Å²) in [6.07, 6.45) is 5.35. The second-order valence-corrected chi connectivity index (χ2v) is 6.61. The van der Waals surface area contributed by atoms with Gasteiger partial charge in [0.15, 0.2) is 0 Å². The van der Waals surface area contributed by atoms with E-state index in [9.17, 15) is 0 Å². The molecule has 0 atom stereocenters. The molecule has 0 unspecified atom stereocenters. The van der Waals surface area contributed by atoms with Gasteiger partial charge in [0, 0.05) is 45.4 Å². The van der Waals surface area contributed by atoms with E-state index in [0.717, 1.165) is 44.0 Å². The van der Waals surface area contributed by atoms with Crippen LogP contribution in [0.15, 0.2) is 0 Å². The fourth-order valence-electron chi connectivity index (χ4n) is 2.75. The highest BCUT2D eigenvalue weighted by Crippen LogP contribution is 2.29. The van der Waals surface area contributed by atoms with Crippen molar-refractivity contribution in [1.29, 1.82) is 0 Å². The van der Waals surface area contributed by atoms with E-state index >= 15 is 0 Å². The molecule has 2 aliphatic rings. The Hall–Kier alpha value is -1.07. The van der Waals surface area contributed by atoms with E-state index in [2.05, 4.69) is 29.3 Å². The molecule has 1 aromatic rings. The van der Waals surface area contributed by atoms with Crippen LogP contribution in [-0.4, -0.2) is 42.6 Å². The van der Waals surface area contributed by atoms with Crippen LogP contribution in [0.25, 0.3) is 0 Å². The summed E-state index contributed by atoms with van der Waals surface area (Å²) in [6.45, 7) is 5.68. The smallest absolute Gasteiger partial charge is 0.131 e. The van der Waals surface area contributed by atoms with Crippen LogP contribution in [0, 0.1) is 12.8 Å². The molecule has 5 nitrogen and oxygen atoms in total. The quantitative estimate of drug-likeness (QED) is 0.705. The first kappa shape index (κ1) is 14.9. The van der Waals surface area contributed by atoms with Gasteiger partial charge in [0.1, 0.15) is 5.82 Å². The van der Waals surface area contributed by atoms with E-state index in [1.54, 1.807) is 0 Å². The van der Waals surface area contributed by atoms with Crippen LogP contribution >= 0.6 is 0 Å². The molecule has 0 aliphatic heterocycles. The number of nitrogens with one attached hydrogen (secondary N) is 1. The zero-order valence-corrected chi connectivity index (χ0v) is 13.6. The predicted octanol–water partition coefficient (Wildman–Crippen LogP) is 1.84. The average molecular weight is 292 g/mol. The number of aryl methyl sites for hydroxylation is 2. The van der Waals surface area contributed by atoms with Crippen molar-refractivity contribution in [2.24, 2.45) is 13.0 Å². The lowest BCUT2D eigenvalue weighted by atomic mass is 10.2. The molecule has 2 saturated carbocycles. The summed E-state index contributed by atoms with van der Waals surface area (Å²) in [5.41, 5.74) is 2.46. The third-order valence-corrected chi connectivity index (χ3v) is 4.44. The molecule has 0 aromatic carbocycles. The molecule has 0 saturated heterocycles. The number of hydrogen-bond acceptors (Lipinski definition) is 4. The van der Waals surface area contributed by atoms with Gasteiger partial charge < -0.3 is 15.0 Å². The van der Waals surface area contributed by atoms with Crippen molar-refractivity contribution in [1.82, 2.24) is 15.1 Å².